The summed E-state index contributed by atoms with van der Waals surface area (Å²) in [7, 11) is 1.62. The Balaban J connectivity index is 1.44. The molecule has 29 heavy (non-hydrogen) atoms. The van der Waals surface area contributed by atoms with Crippen molar-refractivity contribution < 1.29 is 9.53 Å². The molecule has 6 nitrogen and oxygen atoms in total. The largest absolute Gasteiger partial charge is 0.495 e. The van der Waals surface area contributed by atoms with Crippen molar-refractivity contribution >= 4 is 39.0 Å². The molecule has 4 rings (SSSR count). The SMILES string of the molecule is CCc1cc2c(N3CCC(C(=O)Nc4cc(C)ccc4OC)CC3)ncnc2s1. The van der Waals surface area contributed by atoms with Gasteiger partial charge in [0.05, 0.1) is 18.2 Å². The Morgan fingerprint density at radius 1 is 1.28 bits per heavy atom. The highest BCUT2D eigenvalue weighted by atomic mass is 32.1. The lowest BCUT2D eigenvalue weighted by Gasteiger charge is -2.32. The number of thiophene rings is 1. The molecule has 0 radical (unpaired) electrons. The van der Waals surface area contributed by atoms with Crippen molar-refractivity contribution in [1.82, 2.24) is 9.97 Å². The summed E-state index contributed by atoms with van der Waals surface area (Å²) in [5, 5.41) is 4.19. The zero-order valence-corrected chi connectivity index (χ0v) is 17.9. The molecular formula is C22H26N4O2S. The Labute approximate surface area is 174 Å². The molecule has 1 fully saturated rings. The van der Waals surface area contributed by atoms with E-state index in [1.807, 2.05) is 25.1 Å². The third-order valence-electron chi connectivity index (χ3n) is 5.49. The Kier molecular flexibility index (Phi) is 5.67. The molecule has 1 aliphatic rings. The highest BCUT2D eigenvalue weighted by molar-refractivity contribution is 7.18. The van der Waals surface area contributed by atoms with E-state index in [1.165, 1.54) is 4.88 Å². The third kappa shape index (κ3) is 4.05. The zero-order valence-electron chi connectivity index (χ0n) is 17.1. The van der Waals surface area contributed by atoms with Crippen molar-refractivity contribution in [3.05, 3.63) is 41.0 Å². The predicted molar refractivity (Wildman–Crippen MR) is 118 cm³/mol. The molecule has 0 bridgehead atoms. The maximum absolute atomic E-state index is 12.8. The van der Waals surface area contributed by atoms with Crippen LogP contribution >= 0.6 is 11.3 Å². The maximum atomic E-state index is 12.8. The molecule has 2 aromatic heterocycles. The molecule has 7 heteroatoms. The van der Waals surface area contributed by atoms with Crippen LogP contribution in [0.5, 0.6) is 5.75 Å². The Bertz CT molecular complexity index is 1020. The summed E-state index contributed by atoms with van der Waals surface area (Å²) < 4.78 is 5.38. The van der Waals surface area contributed by atoms with E-state index in [0.29, 0.717) is 5.75 Å². The molecule has 152 valence electrons. The van der Waals surface area contributed by atoms with Crippen LogP contribution in [-0.2, 0) is 11.2 Å². The van der Waals surface area contributed by atoms with Crippen molar-refractivity contribution in [2.45, 2.75) is 33.1 Å². The fourth-order valence-electron chi connectivity index (χ4n) is 3.83. The van der Waals surface area contributed by atoms with Crippen molar-refractivity contribution in [2.24, 2.45) is 5.92 Å². The molecule has 0 atom stereocenters. The summed E-state index contributed by atoms with van der Waals surface area (Å²) in [6.45, 7) is 5.79. The van der Waals surface area contributed by atoms with Gasteiger partial charge in [-0.25, -0.2) is 9.97 Å². The standard InChI is InChI=1S/C22H26N4O2S/c1-4-16-12-17-20(23-13-24-22(17)29-16)26-9-7-15(8-10-26)21(27)25-18-11-14(2)5-6-19(18)28-3/h5-6,11-13,15H,4,7-10H2,1-3H3,(H,25,27). The van der Waals surface area contributed by atoms with Crippen LogP contribution < -0.4 is 15.0 Å². The van der Waals surface area contributed by atoms with Gasteiger partial charge in [0.2, 0.25) is 5.91 Å². The van der Waals surface area contributed by atoms with Crippen molar-refractivity contribution in [3.8, 4) is 5.75 Å². The summed E-state index contributed by atoms with van der Waals surface area (Å²) >= 11 is 1.73. The monoisotopic (exact) mass is 410 g/mol. The average Bonchev–Trinajstić information content (AvgIpc) is 3.17. The molecule has 0 saturated carbocycles. The van der Waals surface area contributed by atoms with E-state index in [9.17, 15) is 4.79 Å². The van der Waals surface area contributed by atoms with Crippen LogP contribution in [0.15, 0.2) is 30.6 Å². The molecular weight excluding hydrogens is 384 g/mol. The molecule has 0 aliphatic carbocycles. The summed E-state index contributed by atoms with van der Waals surface area (Å²) in [4.78, 5) is 26.5. The van der Waals surface area contributed by atoms with Gasteiger partial charge in [0.25, 0.3) is 0 Å². The van der Waals surface area contributed by atoms with E-state index in [4.69, 9.17) is 4.74 Å². The molecule has 1 aromatic carbocycles. The first-order valence-electron chi connectivity index (χ1n) is 10.0. The van der Waals surface area contributed by atoms with Gasteiger partial charge < -0.3 is 15.0 Å². The number of nitrogens with one attached hydrogen (secondary N) is 1. The zero-order chi connectivity index (χ0) is 20.4. The van der Waals surface area contributed by atoms with Crippen LogP contribution in [0.3, 0.4) is 0 Å². The lowest BCUT2D eigenvalue weighted by molar-refractivity contribution is -0.120. The number of amides is 1. The van der Waals surface area contributed by atoms with Crippen molar-refractivity contribution in [2.75, 3.05) is 30.4 Å². The van der Waals surface area contributed by atoms with Gasteiger partial charge in [-0.3, -0.25) is 4.79 Å². The van der Waals surface area contributed by atoms with Gasteiger partial charge >= 0.3 is 0 Å². The molecule has 0 spiro atoms. The number of aryl methyl sites for hydroxylation is 2. The van der Waals surface area contributed by atoms with E-state index in [2.05, 4.69) is 33.2 Å². The number of benzene rings is 1. The van der Waals surface area contributed by atoms with Gasteiger partial charge in [0, 0.05) is 23.9 Å². The number of anilines is 2. The van der Waals surface area contributed by atoms with E-state index in [0.717, 1.165) is 59.6 Å². The van der Waals surface area contributed by atoms with E-state index < -0.39 is 0 Å². The highest BCUT2D eigenvalue weighted by Crippen LogP contribution is 2.33. The second-order valence-corrected chi connectivity index (χ2v) is 8.55. The number of hydrogen-bond donors (Lipinski definition) is 1. The Morgan fingerprint density at radius 3 is 2.79 bits per heavy atom. The number of ether oxygens (including phenoxy) is 1. The van der Waals surface area contributed by atoms with Crippen LogP contribution in [0.4, 0.5) is 11.5 Å². The second-order valence-electron chi connectivity index (χ2n) is 7.44. The summed E-state index contributed by atoms with van der Waals surface area (Å²) in [6.07, 6.45) is 4.26. The van der Waals surface area contributed by atoms with E-state index in [-0.39, 0.29) is 11.8 Å². The number of nitrogens with zero attached hydrogens (tertiary/aromatic N) is 3. The van der Waals surface area contributed by atoms with E-state index in [1.54, 1.807) is 24.8 Å². The topological polar surface area (TPSA) is 67.4 Å². The average molecular weight is 411 g/mol. The molecule has 1 aliphatic heterocycles. The number of hydrogen-bond acceptors (Lipinski definition) is 6. The molecule has 1 N–H and O–H groups in total. The van der Waals surface area contributed by atoms with Gasteiger partial charge in [-0.05, 0) is 49.9 Å². The van der Waals surface area contributed by atoms with Gasteiger partial charge in [-0.2, -0.15) is 0 Å². The smallest absolute Gasteiger partial charge is 0.227 e. The molecule has 3 aromatic rings. The number of carbonyl (C=O) groups excluding carboxylic acids is 1. The first-order valence-corrected chi connectivity index (χ1v) is 10.8. The molecule has 1 saturated heterocycles. The van der Waals surface area contributed by atoms with E-state index >= 15 is 0 Å². The summed E-state index contributed by atoms with van der Waals surface area (Å²) in [5.41, 5.74) is 1.83. The number of carbonyl (C=O) groups is 1. The molecule has 1 amide bonds. The molecule has 3 heterocycles. The minimum absolute atomic E-state index is 0.0116. The maximum Gasteiger partial charge on any atom is 0.227 e. The van der Waals surface area contributed by atoms with Gasteiger partial charge in [-0.1, -0.05) is 13.0 Å². The van der Waals surface area contributed by atoms with Crippen LogP contribution in [0.2, 0.25) is 0 Å². The first-order chi connectivity index (χ1) is 14.1. The van der Waals surface area contributed by atoms with Gasteiger partial charge in [-0.15, -0.1) is 11.3 Å². The first kappa shape index (κ1) is 19.6. The number of methoxy groups -OCH3 is 1. The number of piperidine rings is 1. The quantitative estimate of drug-likeness (QED) is 0.674. The highest BCUT2D eigenvalue weighted by Gasteiger charge is 2.27. The van der Waals surface area contributed by atoms with Crippen LogP contribution in [0.1, 0.15) is 30.2 Å². The normalized spacial score (nSPS) is 14.9. The van der Waals surface area contributed by atoms with Crippen LogP contribution in [-0.4, -0.2) is 36.1 Å². The third-order valence-corrected chi connectivity index (χ3v) is 6.67. The van der Waals surface area contributed by atoms with Crippen molar-refractivity contribution in [3.63, 3.8) is 0 Å². The number of fused-ring (bicyclic) bond motifs is 1. The van der Waals surface area contributed by atoms with Crippen molar-refractivity contribution in [1.29, 1.82) is 0 Å². The fraction of sp³-hybridized carbons (Fsp3) is 0.409. The van der Waals surface area contributed by atoms with Gasteiger partial charge in [0.15, 0.2) is 0 Å². The minimum Gasteiger partial charge on any atom is -0.495 e. The fourth-order valence-corrected chi connectivity index (χ4v) is 4.76. The summed E-state index contributed by atoms with van der Waals surface area (Å²) in [5.74, 6) is 1.73. The van der Waals surface area contributed by atoms with Gasteiger partial charge in [0.1, 0.15) is 22.7 Å². The predicted octanol–water partition coefficient (Wildman–Crippen LogP) is 4.43. The molecule has 0 unspecified atom stereocenters. The number of aromatic nitrogens is 2. The van der Waals surface area contributed by atoms with Crippen LogP contribution in [0.25, 0.3) is 10.2 Å². The Hall–Kier alpha value is -2.67. The summed E-state index contributed by atoms with van der Waals surface area (Å²) in [6, 6.07) is 8.02. The van der Waals surface area contributed by atoms with Crippen LogP contribution in [0, 0.1) is 12.8 Å². The minimum atomic E-state index is -0.0116. The lowest BCUT2D eigenvalue weighted by Crippen LogP contribution is -2.38. The number of rotatable bonds is 5. The second kappa shape index (κ2) is 8.37. The Morgan fingerprint density at radius 2 is 2.07 bits per heavy atom. The lowest BCUT2D eigenvalue weighted by atomic mass is 9.95.